The second kappa shape index (κ2) is 16.3. The molecule has 9 nitrogen and oxygen atoms in total. The van der Waals surface area contributed by atoms with Gasteiger partial charge in [-0.3, -0.25) is 13.9 Å². The third-order valence-corrected chi connectivity index (χ3v) is 9.98. The van der Waals surface area contributed by atoms with E-state index in [1.807, 2.05) is 44.2 Å². The molecule has 4 aromatic rings. The number of carbonyl (C=O) groups is 2. The van der Waals surface area contributed by atoms with Gasteiger partial charge in [-0.25, -0.2) is 8.42 Å². The molecule has 0 bridgehead atoms. The molecule has 248 valence electrons. The standard InChI is InChI=1S/C36H40ClN3O6S/c1-5-26(2)38-36(42)32(22-27-14-8-6-9-15-27)39(24-28-16-12-13-19-31(28)37)35(41)25-40(29-17-10-7-11-18-29)47(43,44)30-20-21-33(45-3)34(23-30)46-4/h6-21,23,26,32H,5,22,24-25H2,1-4H3,(H,38,42)/t26-,32+/m0/s1. The Morgan fingerprint density at radius 3 is 2.09 bits per heavy atom. The Labute approximate surface area is 282 Å². The van der Waals surface area contributed by atoms with E-state index in [1.54, 1.807) is 54.6 Å². The summed E-state index contributed by atoms with van der Waals surface area (Å²) in [6.07, 6.45) is 0.890. The minimum atomic E-state index is -4.33. The number of benzene rings is 4. The summed E-state index contributed by atoms with van der Waals surface area (Å²) < 4.78 is 40.3. The molecule has 0 fully saturated rings. The first-order chi connectivity index (χ1) is 22.6. The molecule has 2 amide bonds. The molecule has 0 aliphatic carbocycles. The Morgan fingerprint density at radius 1 is 0.851 bits per heavy atom. The highest BCUT2D eigenvalue weighted by Crippen LogP contribution is 2.32. The van der Waals surface area contributed by atoms with Gasteiger partial charge < -0.3 is 19.7 Å². The van der Waals surface area contributed by atoms with Crippen LogP contribution >= 0.6 is 11.6 Å². The Kier molecular flexibility index (Phi) is 12.3. The fourth-order valence-corrected chi connectivity index (χ4v) is 6.66. The lowest BCUT2D eigenvalue weighted by Crippen LogP contribution is -2.54. The highest BCUT2D eigenvalue weighted by molar-refractivity contribution is 7.92. The summed E-state index contributed by atoms with van der Waals surface area (Å²) in [5.41, 5.74) is 1.73. The highest BCUT2D eigenvalue weighted by Gasteiger charge is 2.35. The van der Waals surface area contributed by atoms with Crippen LogP contribution in [0.25, 0.3) is 0 Å². The van der Waals surface area contributed by atoms with Gasteiger partial charge in [-0.05, 0) is 54.8 Å². The van der Waals surface area contributed by atoms with E-state index in [0.717, 1.165) is 9.87 Å². The number of halogens is 1. The maximum absolute atomic E-state index is 14.6. The number of para-hydroxylation sites is 1. The molecule has 1 N–H and O–H groups in total. The number of carbonyl (C=O) groups excluding carboxylic acids is 2. The van der Waals surface area contributed by atoms with E-state index >= 15 is 0 Å². The number of hydrogen-bond donors (Lipinski definition) is 1. The zero-order valence-electron chi connectivity index (χ0n) is 26.9. The van der Waals surface area contributed by atoms with E-state index in [4.69, 9.17) is 21.1 Å². The van der Waals surface area contributed by atoms with E-state index in [-0.39, 0.29) is 41.2 Å². The summed E-state index contributed by atoms with van der Waals surface area (Å²) in [4.78, 5) is 29.9. The van der Waals surface area contributed by atoms with Gasteiger partial charge >= 0.3 is 0 Å². The van der Waals surface area contributed by atoms with Crippen LogP contribution in [0.5, 0.6) is 11.5 Å². The predicted molar refractivity (Wildman–Crippen MR) is 184 cm³/mol. The van der Waals surface area contributed by atoms with E-state index in [1.165, 1.54) is 37.3 Å². The van der Waals surface area contributed by atoms with Crippen LogP contribution in [0.15, 0.2) is 108 Å². The molecule has 0 saturated carbocycles. The number of ether oxygens (including phenoxy) is 2. The molecule has 0 aromatic heterocycles. The van der Waals surface area contributed by atoms with Gasteiger partial charge in [0.1, 0.15) is 12.6 Å². The molecule has 4 rings (SSSR count). The monoisotopic (exact) mass is 677 g/mol. The first kappa shape index (κ1) is 35.3. The summed E-state index contributed by atoms with van der Waals surface area (Å²) in [6.45, 7) is 3.24. The quantitative estimate of drug-likeness (QED) is 0.163. The Morgan fingerprint density at radius 2 is 1.47 bits per heavy atom. The van der Waals surface area contributed by atoms with E-state index in [0.29, 0.717) is 22.8 Å². The van der Waals surface area contributed by atoms with Crippen molar-refractivity contribution in [2.45, 2.75) is 50.2 Å². The molecule has 0 spiro atoms. The molecular weight excluding hydrogens is 638 g/mol. The predicted octanol–water partition coefficient (Wildman–Crippen LogP) is 6.11. The van der Waals surface area contributed by atoms with Crippen molar-refractivity contribution in [1.29, 1.82) is 0 Å². The van der Waals surface area contributed by atoms with Crippen molar-refractivity contribution in [3.8, 4) is 11.5 Å². The topological polar surface area (TPSA) is 105 Å². The van der Waals surface area contributed by atoms with Crippen LogP contribution in [-0.4, -0.2) is 58.0 Å². The minimum absolute atomic E-state index is 0.0248. The summed E-state index contributed by atoms with van der Waals surface area (Å²) in [7, 11) is -1.46. The van der Waals surface area contributed by atoms with Crippen LogP contribution in [0.2, 0.25) is 5.02 Å². The average Bonchev–Trinajstić information content (AvgIpc) is 3.09. The van der Waals surface area contributed by atoms with Crippen molar-refractivity contribution < 1.29 is 27.5 Å². The van der Waals surface area contributed by atoms with Crippen molar-refractivity contribution in [1.82, 2.24) is 10.2 Å². The van der Waals surface area contributed by atoms with Crippen molar-refractivity contribution >= 4 is 39.1 Å². The smallest absolute Gasteiger partial charge is 0.264 e. The molecule has 0 aliphatic rings. The Balaban J connectivity index is 1.82. The number of amides is 2. The largest absolute Gasteiger partial charge is 0.493 e. The van der Waals surface area contributed by atoms with Gasteiger partial charge in [-0.1, -0.05) is 85.3 Å². The third kappa shape index (κ3) is 8.84. The summed E-state index contributed by atoms with van der Waals surface area (Å²) in [6, 6.07) is 27.9. The number of nitrogens with one attached hydrogen (secondary N) is 1. The number of anilines is 1. The van der Waals surface area contributed by atoms with Crippen LogP contribution in [0, 0.1) is 0 Å². The van der Waals surface area contributed by atoms with Gasteiger partial charge in [0, 0.05) is 30.1 Å². The Hall–Kier alpha value is -4.54. The van der Waals surface area contributed by atoms with Crippen molar-refractivity contribution in [2.75, 3.05) is 25.1 Å². The molecule has 0 aliphatic heterocycles. The number of methoxy groups -OCH3 is 2. The van der Waals surface area contributed by atoms with Gasteiger partial charge in [0.15, 0.2) is 11.5 Å². The lowest BCUT2D eigenvalue weighted by atomic mass is 10.0. The van der Waals surface area contributed by atoms with Crippen molar-refractivity contribution in [2.24, 2.45) is 0 Å². The lowest BCUT2D eigenvalue weighted by molar-refractivity contribution is -0.140. The molecule has 0 radical (unpaired) electrons. The maximum atomic E-state index is 14.6. The van der Waals surface area contributed by atoms with Gasteiger partial charge in [0.05, 0.1) is 24.8 Å². The average molecular weight is 678 g/mol. The number of nitrogens with zero attached hydrogens (tertiary/aromatic N) is 2. The van der Waals surface area contributed by atoms with Gasteiger partial charge in [-0.2, -0.15) is 0 Å². The number of rotatable bonds is 15. The molecule has 0 heterocycles. The highest BCUT2D eigenvalue weighted by atomic mass is 35.5. The second-order valence-electron chi connectivity index (χ2n) is 11.0. The van der Waals surface area contributed by atoms with Crippen molar-refractivity contribution in [3.05, 3.63) is 119 Å². The molecule has 0 saturated heterocycles. The van der Waals surface area contributed by atoms with Crippen LogP contribution in [0.4, 0.5) is 5.69 Å². The zero-order valence-corrected chi connectivity index (χ0v) is 28.5. The summed E-state index contributed by atoms with van der Waals surface area (Å²) in [5, 5.41) is 3.45. The lowest BCUT2D eigenvalue weighted by Gasteiger charge is -2.34. The van der Waals surface area contributed by atoms with Gasteiger partial charge in [-0.15, -0.1) is 0 Å². The minimum Gasteiger partial charge on any atom is -0.493 e. The first-order valence-corrected chi connectivity index (χ1v) is 17.1. The number of hydrogen-bond acceptors (Lipinski definition) is 6. The molecule has 11 heteroatoms. The fourth-order valence-electron chi connectivity index (χ4n) is 5.03. The fraction of sp³-hybridized carbons (Fsp3) is 0.278. The normalized spacial score (nSPS) is 12.4. The SMILES string of the molecule is CC[C@H](C)NC(=O)[C@@H](Cc1ccccc1)N(Cc1ccccc1Cl)C(=O)CN(c1ccccc1)S(=O)(=O)c1ccc(OC)c(OC)c1. The van der Waals surface area contributed by atoms with Gasteiger partial charge in [0.25, 0.3) is 10.0 Å². The Bertz CT molecular complexity index is 1760. The first-order valence-electron chi connectivity index (χ1n) is 15.3. The number of sulfonamides is 1. The van der Waals surface area contributed by atoms with E-state index < -0.39 is 28.5 Å². The summed E-state index contributed by atoms with van der Waals surface area (Å²) >= 11 is 6.56. The van der Waals surface area contributed by atoms with E-state index in [2.05, 4.69) is 5.32 Å². The van der Waals surface area contributed by atoms with Crippen LogP contribution < -0.4 is 19.1 Å². The van der Waals surface area contributed by atoms with Crippen LogP contribution in [-0.2, 0) is 32.6 Å². The third-order valence-electron chi connectivity index (χ3n) is 7.84. The molecular formula is C36H40ClN3O6S. The molecule has 4 aromatic carbocycles. The second-order valence-corrected chi connectivity index (χ2v) is 13.3. The molecule has 47 heavy (non-hydrogen) atoms. The van der Waals surface area contributed by atoms with Crippen molar-refractivity contribution in [3.63, 3.8) is 0 Å². The zero-order chi connectivity index (χ0) is 34.0. The van der Waals surface area contributed by atoms with Crippen LogP contribution in [0.1, 0.15) is 31.4 Å². The molecule has 2 atom stereocenters. The van der Waals surface area contributed by atoms with Crippen LogP contribution in [0.3, 0.4) is 0 Å². The summed E-state index contributed by atoms with van der Waals surface area (Å²) in [5.74, 6) is -0.357. The van der Waals surface area contributed by atoms with E-state index in [9.17, 15) is 18.0 Å². The molecule has 0 unspecified atom stereocenters. The van der Waals surface area contributed by atoms with Gasteiger partial charge in [0.2, 0.25) is 11.8 Å². The maximum Gasteiger partial charge on any atom is 0.264 e.